The van der Waals surface area contributed by atoms with Crippen molar-refractivity contribution in [1.82, 2.24) is 16.0 Å². The van der Waals surface area contributed by atoms with Crippen LogP contribution in [0.15, 0.2) is 29.3 Å². The Labute approximate surface area is 161 Å². The molecule has 0 aromatic heterocycles. The summed E-state index contributed by atoms with van der Waals surface area (Å²) in [4.78, 5) is 16.6. The Balaban J connectivity index is 1.53. The maximum Gasteiger partial charge on any atom is 0.242 e. The molecular weight excluding hydrogens is 343 g/mol. The van der Waals surface area contributed by atoms with Gasteiger partial charge in [0.2, 0.25) is 5.91 Å². The summed E-state index contributed by atoms with van der Waals surface area (Å²) in [5.74, 6) is 0.429. The number of nitrogens with one attached hydrogen (secondary N) is 3. The largest absolute Gasteiger partial charge is 0.357 e. The monoisotopic (exact) mass is 374 g/mol. The molecule has 0 unspecified atom stereocenters. The molecule has 27 heavy (non-hydrogen) atoms. The van der Waals surface area contributed by atoms with Gasteiger partial charge in [-0.05, 0) is 44.2 Å². The molecule has 3 rings (SSSR count). The van der Waals surface area contributed by atoms with Crippen LogP contribution in [0.2, 0.25) is 0 Å². The minimum absolute atomic E-state index is 0.0330. The molecule has 2 saturated carbocycles. The Morgan fingerprint density at radius 1 is 1.19 bits per heavy atom. The lowest BCUT2D eigenvalue weighted by Gasteiger charge is -2.22. The van der Waals surface area contributed by atoms with Gasteiger partial charge >= 0.3 is 0 Å². The molecule has 1 amide bonds. The Morgan fingerprint density at radius 3 is 2.59 bits per heavy atom. The summed E-state index contributed by atoms with van der Waals surface area (Å²) in [5.41, 5.74) is 0.606. The molecule has 1 aromatic rings. The van der Waals surface area contributed by atoms with E-state index in [-0.39, 0.29) is 23.7 Å². The van der Waals surface area contributed by atoms with Crippen molar-refractivity contribution in [3.8, 4) is 0 Å². The highest BCUT2D eigenvalue weighted by Gasteiger charge is 2.45. The molecule has 2 aliphatic rings. The van der Waals surface area contributed by atoms with E-state index < -0.39 is 0 Å². The molecule has 6 heteroatoms. The highest BCUT2D eigenvalue weighted by molar-refractivity contribution is 5.85. The SMILES string of the molecule is CCNC(=NCC(=O)NC1CCCCC1)NCC1(c2ccccc2F)CC1. The molecule has 0 aliphatic heterocycles. The van der Waals surface area contributed by atoms with Crippen molar-refractivity contribution in [2.45, 2.75) is 63.3 Å². The van der Waals surface area contributed by atoms with Crippen molar-refractivity contribution < 1.29 is 9.18 Å². The molecule has 0 heterocycles. The molecule has 2 aliphatic carbocycles. The van der Waals surface area contributed by atoms with Crippen molar-refractivity contribution in [2.75, 3.05) is 19.6 Å². The van der Waals surface area contributed by atoms with E-state index in [0.717, 1.165) is 31.2 Å². The lowest BCUT2D eigenvalue weighted by molar-refractivity contribution is -0.120. The normalized spacial score (nSPS) is 19.4. The van der Waals surface area contributed by atoms with E-state index in [4.69, 9.17) is 0 Å². The van der Waals surface area contributed by atoms with E-state index in [9.17, 15) is 9.18 Å². The van der Waals surface area contributed by atoms with Crippen LogP contribution in [0.25, 0.3) is 0 Å². The average Bonchev–Trinajstić information content (AvgIpc) is 3.46. The fraction of sp³-hybridized carbons (Fsp3) is 0.619. The second-order valence-electron chi connectivity index (χ2n) is 7.71. The van der Waals surface area contributed by atoms with Crippen LogP contribution < -0.4 is 16.0 Å². The van der Waals surface area contributed by atoms with E-state index in [1.807, 2.05) is 19.1 Å². The second kappa shape index (κ2) is 9.20. The summed E-state index contributed by atoms with van der Waals surface area (Å²) in [6.07, 6.45) is 7.71. The number of hydrogen-bond acceptors (Lipinski definition) is 2. The zero-order valence-corrected chi connectivity index (χ0v) is 16.2. The van der Waals surface area contributed by atoms with Gasteiger partial charge in [0.25, 0.3) is 0 Å². The molecule has 1 aromatic carbocycles. The summed E-state index contributed by atoms with van der Waals surface area (Å²) >= 11 is 0. The lowest BCUT2D eigenvalue weighted by atomic mass is 9.95. The van der Waals surface area contributed by atoms with E-state index in [1.165, 1.54) is 25.3 Å². The summed E-state index contributed by atoms with van der Waals surface area (Å²) in [6, 6.07) is 7.29. The van der Waals surface area contributed by atoms with Gasteiger partial charge < -0.3 is 16.0 Å². The van der Waals surface area contributed by atoms with Crippen LogP contribution in [0.4, 0.5) is 4.39 Å². The third-order valence-electron chi connectivity index (χ3n) is 5.59. The topological polar surface area (TPSA) is 65.5 Å². The van der Waals surface area contributed by atoms with Crippen molar-refractivity contribution in [1.29, 1.82) is 0 Å². The summed E-state index contributed by atoms with van der Waals surface area (Å²) in [6.45, 7) is 3.42. The smallest absolute Gasteiger partial charge is 0.242 e. The van der Waals surface area contributed by atoms with E-state index in [2.05, 4.69) is 20.9 Å². The van der Waals surface area contributed by atoms with Crippen molar-refractivity contribution in [3.63, 3.8) is 0 Å². The zero-order valence-electron chi connectivity index (χ0n) is 16.2. The molecule has 2 fully saturated rings. The molecule has 3 N–H and O–H groups in total. The molecule has 0 bridgehead atoms. The Morgan fingerprint density at radius 2 is 1.93 bits per heavy atom. The number of carbonyl (C=O) groups is 1. The first-order valence-corrected chi connectivity index (χ1v) is 10.2. The highest BCUT2D eigenvalue weighted by Crippen LogP contribution is 2.48. The molecule has 0 saturated heterocycles. The molecule has 148 valence electrons. The standard InChI is InChI=1S/C21H31FN4O/c1-2-23-20(24-14-19(27)26-16-8-4-3-5-9-16)25-15-21(12-13-21)17-10-6-7-11-18(17)22/h6-7,10-11,16H,2-5,8-9,12-15H2,1H3,(H,26,27)(H2,23,24,25). The molecule has 0 atom stereocenters. The van der Waals surface area contributed by atoms with Gasteiger partial charge in [0.15, 0.2) is 5.96 Å². The first-order chi connectivity index (χ1) is 13.1. The fourth-order valence-electron chi connectivity index (χ4n) is 3.85. The predicted molar refractivity (Wildman–Crippen MR) is 106 cm³/mol. The summed E-state index contributed by atoms with van der Waals surface area (Å²) < 4.78 is 14.1. The van der Waals surface area contributed by atoms with Gasteiger partial charge in [-0.15, -0.1) is 0 Å². The zero-order chi connectivity index (χ0) is 19.1. The Bertz CT molecular complexity index is 666. The van der Waals surface area contributed by atoms with E-state index >= 15 is 0 Å². The Hall–Kier alpha value is -2.11. The highest BCUT2D eigenvalue weighted by atomic mass is 19.1. The molecule has 0 radical (unpaired) electrons. The first kappa shape index (κ1) is 19.6. The van der Waals surface area contributed by atoms with Gasteiger partial charge in [-0.1, -0.05) is 37.5 Å². The van der Waals surface area contributed by atoms with Crippen molar-refractivity contribution >= 4 is 11.9 Å². The van der Waals surface area contributed by atoms with Gasteiger partial charge in [-0.25, -0.2) is 9.38 Å². The third-order valence-corrected chi connectivity index (χ3v) is 5.59. The number of amides is 1. The number of rotatable bonds is 7. The number of nitrogens with zero attached hydrogens (tertiary/aromatic N) is 1. The minimum atomic E-state index is -0.161. The van der Waals surface area contributed by atoms with E-state index in [1.54, 1.807) is 6.07 Å². The Kier molecular flexibility index (Phi) is 6.69. The summed E-state index contributed by atoms with van der Waals surface area (Å²) in [7, 11) is 0. The summed E-state index contributed by atoms with van der Waals surface area (Å²) in [5, 5.41) is 9.56. The van der Waals surface area contributed by atoms with Crippen molar-refractivity contribution in [3.05, 3.63) is 35.6 Å². The van der Waals surface area contributed by atoms with Crippen LogP contribution in [0, 0.1) is 5.82 Å². The second-order valence-corrected chi connectivity index (χ2v) is 7.71. The quantitative estimate of drug-likeness (QED) is 0.508. The third kappa shape index (κ3) is 5.44. The van der Waals surface area contributed by atoms with Gasteiger partial charge in [0, 0.05) is 24.5 Å². The maximum atomic E-state index is 14.1. The van der Waals surface area contributed by atoms with Crippen LogP contribution in [0.3, 0.4) is 0 Å². The van der Waals surface area contributed by atoms with Gasteiger partial charge in [-0.2, -0.15) is 0 Å². The number of halogens is 1. The van der Waals surface area contributed by atoms with Crippen LogP contribution in [0.1, 0.15) is 57.4 Å². The molecule has 0 spiro atoms. The van der Waals surface area contributed by atoms with Crippen LogP contribution in [0.5, 0.6) is 0 Å². The molecular formula is C21H31FN4O. The van der Waals surface area contributed by atoms with Crippen LogP contribution in [-0.4, -0.2) is 37.5 Å². The number of benzene rings is 1. The average molecular weight is 375 g/mol. The fourth-order valence-corrected chi connectivity index (χ4v) is 3.85. The first-order valence-electron chi connectivity index (χ1n) is 10.2. The number of carbonyl (C=O) groups excluding carboxylic acids is 1. The van der Waals surface area contributed by atoms with Crippen LogP contribution >= 0.6 is 0 Å². The van der Waals surface area contributed by atoms with Crippen molar-refractivity contribution in [2.24, 2.45) is 4.99 Å². The molecule has 5 nitrogen and oxygen atoms in total. The van der Waals surface area contributed by atoms with E-state index in [0.29, 0.717) is 25.1 Å². The van der Waals surface area contributed by atoms with Gasteiger partial charge in [-0.3, -0.25) is 4.79 Å². The maximum absolute atomic E-state index is 14.1. The predicted octanol–water partition coefficient (Wildman–Crippen LogP) is 2.86. The number of hydrogen-bond donors (Lipinski definition) is 3. The van der Waals surface area contributed by atoms with Gasteiger partial charge in [0.05, 0.1) is 0 Å². The lowest BCUT2D eigenvalue weighted by Crippen LogP contribution is -2.43. The number of guanidine groups is 1. The van der Waals surface area contributed by atoms with Crippen LogP contribution in [-0.2, 0) is 10.2 Å². The van der Waals surface area contributed by atoms with Gasteiger partial charge in [0.1, 0.15) is 12.4 Å². The minimum Gasteiger partial charge on any atom is -0.357 e. The number of aliphatic imine (C=N–C) groups is 1.